The van der Waals surface area contributed by atoms with Crippen LogP contribution in [0.3, 0.4) is 0 Å². The van der Waals surface area contributed by atoms with Crippen LogP contribution >= 0.6 is 22.9 Å². The Kier molecular flexibility index (Phi) is 4.74. The van der Waals surface area contributed by atoms with Gasteiger partial charge in [-0.1, -0.05) is 25.2 Å². The molecule has 0 saturated heterocycles. The monoisotopic (exact) mass is 285 g/mol. The maximum atomic E-state index is 5.73. The Morgan fingerprint density at radius 1 is 1.39 bits per heavy atom. The van der Waals surface area contributed by atoms with Crippen molar-refractivity contribution in [2.75, 3.05) is 13.1 Å². The van der Waals surface area contributed by atoms with E-state index in [4.69, 9.17) is 16.0 Å². The van der Waals surface area contributed by atoms with Crippen molar-refractivity contribution < 1.29 is 4.42 Å². The summed E-state index contributed by atoms with van der Waals surface area (Å²) in [4.78, 5) is 0. The van der Waals surface area contributed by atoms with Gasteiger partial charge in [0.1, 0.15) is 5.01 Å². The van der Waals surface area contributed by atoms with Crippen LogP contribution in [-0.2, 0) is 6.42 Å². The highest BCUT2D eigenvalue weighted by Gasteiger charge is 2.10. The van der Waals surface area contributed by atoms with E-state index < -0.39 is 0 Å². The topological polar surface area (TPSA) is 51.0 Å². The molecule has 0 radical (unpaired) electrons. The van der Waals surface area contributed by atoms with Gasteiger partial charge in [-0.05, 0) is 36.2 Å². The fourth-order valence-corrected chi connectivity index (χ4v) is 2.42. The normalized spacial score (nSPS) is 11.3. The average molecular weight is 286 g/mol. The summed E-state index contributed by atoms with van der Waals surface area (Å²) in [5, 5.41) is 13.8. The summed E-state index contributed by atoms with van der Waals surface area (Å²) < 4.78 is 5.30. The summed E-state index contributed by atoms with van der Waals surface area (Å²) in [5.41, 5.74) is 0. The van der Waals surface area contributed by atoms with Gasteiger partial charge in [0.05, 0.1) is 0 Å². The largest absolute Gasteiger partial charge is 0.442 e. The van der Waals surface area contributed by atoms with Gasteiger partial charge in [0.2, 0.25) is 0 Å². The van der Waals surface area contributed by atoms with Gasteiger partial charge in [-0.25, -0.2) is 0 Å². The van der Waals surface area contributed by atoms with E-state index in [0.717, 1.165) is 29.5 Å². The second kappa shape index (κ2) is 6.31. The summed E-state index contributed by atoms with van der Waals surface area (Å²) in [6.45, 7) is 6.33. The van der Waals surface area contributed by atoms with Crippen LogP contribution in [0.4, 0.5) is 0 Å². The lowest BCUT2D eigenvalue weighted by atomic mass is 10.2. The molecule has 0 aromatic carbocycles. The van der Waals surface area contributed by atoms with Crippen molar-refractivity contribution >= 4 is 22.9 Å². The average Bonchev–Trinajstić information content (AvgIpc) is 2.93. The van der Waals surface area contributed by atoms with Gasteiger partial charge in [0, 0.05) is 13.0 Å². The molecule has 2 heterocycles. The molecule has 0 fully saturated rings. The van der Waals surface area contributed by atoms with Gasteiger partial charge >= 0.3 is 0 Å². The highest BCUT2D eigenvalue weighted by Crippen LogP contribution is 2.27. The SMILES string of the molecule is CC(C)CNCCc1nnc(-c2ccc(Cl)o2)s1. The van der Waals surface area contributed by atoms with Crippen LogP contribution in [0.2, 0.25) is 5.22 Å². The first kappa shape index (κ1) is 13.5. The Balaban J connectivity index is 1.86. The van der Waals surface area contributed by atoms with Crippen molar-refractivity contribution in [2.45, 2.75) is 20.3 Å². The third kappa shape index (κ3) is 3.80. The summed E-state index contributed by atoms with van der Waals surface area (Å²) >= 11 is 7.27. The van der Waals surface area contributed by atoms with E-state index in [9.17, 15) is 0 Å². The van der Waals surface area contributed by atoms with Gasteiger partial charge in [-0.15, -0.1) is 10.2 Å². The van der Waals surface area contributed by atoms with Crippen LogP contribution in [0.15, 0.2) is 16.5 Å². The van der Waals surface area contributed by atoms with E-state index in [0.29, 0.717) is 16.9 Å². The van der Waals surface area contributed by atoms with Crippen molar-refractivity contribution in [3.63, 3.8) is 0 Å². The molecule has 2 aromatic heterocycles. The van der Waals surface area contributed by atoms with E-state index in [1.165, 1.54) is 0 Å². The van der Waals surface area contributed by atoms with E-state index >= 15 is 0 Å². The molecule has 0 amide bonds. The zero-order valence-corrected chi connectivity index (χ0v) is 12.0. The lowest BCUT2D eigenvalue weighted by Crippen LogP contribution is -2.22. The van der Waals surface area contributed by atoms with Crippen LogP contribution in [0.5, 0.6) is 0 Å². The van der Waals surface area contributed by atoms with Crippen LogP contribution < -0.4 is 5.32 Å². The van der Waals surface area contributed by atoms with Crippen LogP contribution in [0.25, 0.3) is 10.8 Å². The predicted octanol–water partition coefficient (Wildman–Crippen LogP) is 3.24. The molecule has 0 saturated carbocycles. The third-order valence-electron chi connectivity index (χ3n) is 2.32. The zero-order chi connectivity index (χ0) is 13.0. The van der Waals surface area contributed by atoms with E-state index in [1.807, 2.05) is 6.07 Å². The van der Waals surface area contributed by atoms with Crippen LogP contribution in [0.1, 0.15) is 18.9 Å². The minimum absolute atomic E-state index is 0.375. The number of hydrogen-bond acceptors (Lipinski definition) is 5. The molecule has 1 N–H and O–H groups in total. The molecular formula is C12H16ClN3OS. The number of nitrogens with zero attached hydrogens (tertiary/aromatic N) is 2. The number of halogens is 1. The minimum atomic E-state index is 0.375. The zero-order valence-electron chi connectivity index (χ0n) is 10.4. The van der Waals surface area contributed by atoms with Gasteiger partial charge < -0.3 is 9.73 Å². The lowest BCUT2D eigenvalue weighted by molar-refractivity contribution is 0.553. The standard InChI is InChI=1S/C12H16ClN3OS/c1-8(2)7-14-6-5-11-15-16-12(18-11)9-3-4-10(13)17-9/h3-4,8,14H,5-7H2,1-2H3. The quantitative estimate of drug-likeness (QED) is 0.828. The third-order valence-corrected chi connectivity index (χ3v) is 3.52. The number of hydrogen-bond donors (Lipinski definition) is 1. The molecule has 0 aliphatic carbocycles. The van der Waals surface area contributed by atoms with E-state index in [2.05, 4.69) is 29.4 Å². The maximum absolute atomic E-state index is 5.73. The fraction of sp³-hybridized carbons (Fsp3) is 0.500. The number of furan rings is 1. The highest BCUT2D eigenvalue weighted by molar-refractivity contribution is 7.14. The summed E-state index contributed by atoms with van der Waals surface area (Å²) in [5.74, 6) is 1.35. The second-order valence-corrected chi connectivity index (χ2v) is 5.89. The summed E-state index contributed by atoms with van der Waals surface area (Å²) in [7, 11) is 0. The van der Waals surface area contributed by atoms with Crippen molar-refractivity contribution in [2.24, 2.45) is 5.92 Å². The molecule has 4 nitrogen and oxygen atoms in total. The molecule has 98 valence electrons. The number of nitrogens with one attached hydrogen (secondary N) is 1. The second-order valence-electron chi connectivity index (χ2n) is 4.45. The van der Waals surface area contributed by atoms with Crippen LogP contribution in [0, 0.1) is 5.92 Å². The number of aromatic nitrogens is 2. The van der Waals surface area contributed by atoms with Gasteiger partial charge in [-0.2, -0.15) is 0 Å². The summed E-state index contributed by atoms with van der Waals surface area (Å²) in [6.07, 6.45) is 0.888. The molecule has 2 aromatic rings. The molecule has 6 heteroatoms. The van der Waals surface area contributed by atoms with E-state index in [1.54, 1.807) is 17.4 Å². The first-order chi connectivity index (χ1) is 8.65. The number of rotatable bonds is 6. The fourth-order valence-electron chi connectivity index (χ4n) is 1.47. The van der Waals surface area contributed by atoms with Crippen molar-refractivity contribution in [3.05, 3.63) is 22.4 Å². The Morgan fingerprint density at radius 2 is 2.22 bits per heavy atom. The lowest BCUT2D eigenvalue weighted by Gasteiger charge is -2.04. The molecule has 0 bridgehead atoms. The molecule has 0 aliphatic heterocycles. The molecule has 0 atom stereocenters. The highest BCUT2D eigenvalue weighted by atomic mass is 35.5. The molecule has 0 unspecified atom stereocenters. The van der Waals surface area contributed by atoms with E-state index in [-0.39, 0.29) is 0 Å². The van der Waals surface area contributed by atoms with Gasteiger partial charge in [0.25, 0.3) is 0 Å². The van der Waals surface area contributed by atoms with Gasteiger partial charge in [0.15, 0.2) is 16.0 Å². The Labute approximate surface area is 115 Å². The Bertz CT molecular complexity index is 495. The van der Waals surface area contributed by atoms with Crippen LogP contribution in [-0.4, -0.2) is 23.3 Å². The Hall–Kier alpha value is -0.910. The summed E-state index contributed by atoms with van der Waals surface area (Å²) in [6, 6.07) is 3.52. The van der Waals surface area contributed by atoms with Crippen molar-refractivity contribution in [1.29, 1.82) is 0 Å². The molecule has 18 heavy (non-hydrogen) atoms. The smallest absolute Gasteiger partial charge is 0.194 e. The molecular weight excluding hydrogens is 270 g/mol. The van der Waals surface area contributed by atoms with Gasteiger partial charge in [-0.3, -0.25) is 0 Å². The maximum Gasteiger partial charge on any atom is 0.194 e. The molecule has 0 aliphatic rings. The molecule has 0 spiro atoms. The first-order valence-corrected chi connectivity index (χ1v) is 7.13. The minimum Gasteiger partial charge on any atom is -0.442 e. The molecule has 2 rings (SSSR count). The first-order valence-electron chi connectivity index (χ1n) is 5.94. The Morgan fingerprint density at radius 3 is 2.89 bits per heavy atom. The van der Waals surface area contributed by atoms with Crippen molar-refractivity contribution in [3.8, 4) is 10.8 Å². The van der Waals surface area contributed by atoms with Crippen molar-refractivity contribution in [1.82, 2.24) is 15.5 Å². The predicted molar refractivity (Wildman–Crippen MR) is 74.0 cm³/mol.